The number of benzene rings is 1. The molecule has 0 aliphatic carbocycles. The van der Waals surface area contributed by atoms with Gasteiger partial charge in [-0.2, -0.15) is 0 Å². The predicted molar refractivity (Wildman–Crippen MR) is 73.0 cm³/mol. The zero-order valence-electron chi connectivity index (χ0n) is 11.5. The van der Waals surface area contributed by atoms with Crippen LogP contribution in [-0.2, 0) is 6.54 Å². The molecular formula is C15H22F2N2. The van der Waals surface area contributed by atoms with Crippen LogP contribution in [0.5, 0.6) is 0 Å². The molecule has 0 radical (unpaired) electrons. The van der Waals surface area contributed by atoms with Crippen LogP contribution in [0, 0.1) is 11.6 Å². The maximum atomic E-state index is 13.1. The number of nitrogens with zero attached hydrogens (tertiary/aromatic N) is 2. The van der Waals surface area contributed by atoms with E-state index in [4.69, 9.17) is 0 Å². The van der Waals surface area contributed by atoms with E-state index in [1.807, 2.05) is 0 Å². The monoisotopic (exact) mass is 268 g/mol. The Labute approximate surface area is 114 Å². The normalized spacial score (nSPS) is 17.8. The van der Waals surface area contributed by atoms with Crippen LogP contribution in [0.15, 0.2) is 18.2 Å². The third kappa shape index (κ3) is 4.25. The Morgan fingerprint density at radius 3 is 2.32 bits per heavy atom. The Hall–Kier alpha value is -1.00. The number of halogens is 2. The molecule has 0 saturated carbocycles. The lowest BCUT2D eigenvalue weighted by Gasteiger charge is -2.34. The Bertz CT molecular complexity index is 401. The van der Waals surface area contributed by atoms with Crippen molar-refractivity contribution in [3.8, 4) is 0 Å². The van der Waals surface area contributed by atoms with Crippen molar-refractivity contribution in [2.24, 2.45) is 0 Å². The highest BCUT2D eigenvalue weighted by atomic mass is 19.2. The van der Waals surface area contributed by atoms with Crippen LogP contribution < -0.4 is 0 Å². The van der Waals surface area contributed by atoms with Crippen LogP contribution >= 0.6 is 0 Å². The van der Waals surface area contributed by atoms with Gasteiger partial charge in [0.25, 0.3) is 0 Å². The van der Waals surface area contributed by atoms with Crippen molar-refractivity contribution in [2.75, 3.05) is 32.7 Å². The summed E-state index contributed by atoms with van der Waals surface area (Å²) in [6, 6.07) is 4.18. The molecule has 1 aromatic carbocycles. The smallest absolute Gasteiger partial charge is 0.159 e. The molecule has 0 amide bonds. The fraction of sp³-hybridized carbons (Fsp3) is 0.600. The fourth-order valence-electron chi connectivity index (χ4n) is 2.45. The van der Waals surface area contributed by atoms with Gasteiger partial charge in [-0.05, 0) is 30.7 Å². The van der Waals surface area contributed by atoms with Gasteiger partial charge in [0.2, 0.25) is 0 Å². The second-order valence-corrected chi connectivity index (χ2v) is 5.22. The van der Waals surface area contributed by atoms with Gasteiger partial charge in [0.1, 0.15) is 0 Å². The van der Waals surface area contributed by atoms with E-state index in [9.17, 15) is 8.78 Å². The van der Waals surface area contributed by atoms with Crippen molar-refractivity contribution >= 4 is 0 Å². The summed E-state index contributed by atoms with van der Waals surface area (Å²) < 4.78 is 26.0. The predicted octanol–water partition coefficient (Wildman–Crippen LogP) is 2.88. The van der Waals surface area contributed by atoms with Crippen molar-refractivity contribution < 1.29 is 8.78 Å². The summed E-state index contributed by atoms with van der Waals surface area (Å²) in [5.41, 5.74) is 0.848. The van der Waals surface area contributed by atoms with Crippen LogP contribution in [0.3, 0.4) is 0 Å². The lowest BCUT2D eigenvalue weighted by atomic mass is 10.2. The summed E-state index contributed by atoms with van der Waals surface area (Å²) in [7, 11) is 0. The molecule has 0 N–H and O–H groups in total. The van der Waals surface area contributed by atoms with Gasteiger partial charge < -0.3 is 4.90 Å². The van der Waals surface area contributed by atoms with Gasteiger partial charge in [0.15, 0.2) is 11.6 Å². The molecule has 0 spiro atoms. The van der Waals surface area contributed by atoms with Crippen molar-refractivity contribution in [3.05, 3.63) is 35.4 Å². The van der Waals surface area contributed by atoms with Gasteiger partial charge in [-0.3, -0.25) is 4.90 Å². The van der Waals surface area contributed by atoms with E-state index >= 15 is 0 Å². The van der Waals surface area contributed by atoms with Crippen molar-refractivity contribution in [3.63, 3.8) is 0 Å². The Morgan fingerprint density at radius 2 is 1.68 bits per heavy atom. The molecule has 1 aliphatic rings. The van der Waals surface area contributed by atoms with E-state index in [0.29, 0.717) is 6.54 Å². The average Bonchev–Trinajstić information content (AvgIpc) is 2.42. The second-order valence-electron chi connectivity index (χ2n) is 5.22. The Balaban J connectivity index is 1.80. The Kier molecular flexibility index (Phi) is 5.28. The van der Waals surface area contributed by atoms with Gasteiger partial charge in [-0.1, -0.05) is 19.4 Å². The van der Waals surface area contributed by atoms with Crippen LogP contribution in [0.1, 0.15) is 25.3 Å². The lowest BCUT2D eigenvalue weighted by molar-refractivity contribution is 0.126. The minimum absolute atomic E-state index is 0.707. The SMILES string of the molecule is CCCCN1CCN(Cc2ccc(F)c(F)c2)CC1. The first-order valence-corrected chi connectivity index (χ1v) is 7.07. The molecule has 1 aliphatic heterocycles. The zero-order valence-corrected chi connectivity index (χ0v) is 11.5. The van der Waals surface area contributed by atoms with Crippen LogP contribution in [0.4, 0.5) is 8.78 Å². The highest BCUT2D eigenvalue weighted by Crippen LogP contribution is 2.12. The molecule has 1 fully saturated rings. The van der Waals surface area contributed by atoms with E-state index in [2.05, 4.69) is 16.7 Å². The van der Waals surface area contributed by atoms with Crippen molar-refractivity contribution in [1.82, 2.24) is 9.80 Å². The van der Waals surface area contributed by atoms with Gasteiger partial charge in [-0.25, -0.2) is 8.78 Å². The molecule has 0 unspecified atom stereocenters. The summed E-state index contributed by atoms with van der Waals surface area (Å²) >= 11 is 0. The standard InChI is InChI=1S/C15H22F2N2/c1-2-3-6-18-7-9-19(10-8-18)12-13-4-5-14(16)15(17)11-13/h4-5,11H,2-3,6-10,12H2,1H3. The van der Waals surface area contributed by atoms with Crippen molar-refractivity contribution in [1.29, 1.82) is 0 Å². The first-order chi connectivity index (χ1) is 9.19. The molecular weight excluding hydrogens is 246 g/mol. The maximum absolute atomic E-state index is 13.1. The first-order valence-electron chi connectivity index (χ1n) is 7.07. The molecule has 0 atom stereocenters. The molecule has 0 bridgehead atoms. The first kappa shape index (κ1) is 14.4. The molecule has 2 rings (SSSR count). The van der Waals surface area contributed by atoms with E-state index < -0.39 is 11.6 Å². The number of piperazine rings is 1. The van der Waals surface area contributed by atoms with E-state index in [-0.39, 0.29) is 0 Å². The quantitative estimate of drug-likeness (QED) is 0.810. The minimum Gasteiger partial charge on any atom is -0.301 e. The largest absolute Gasteiger partial charge is 0.301 e. The van der Waals surface area contributed by atoms with E-state index in [1.54, 1.807) is 6.07 Å². The van der Waals surface area contributed by atoms with Crippen LogP contribution in [-0.4, -0.2) is 42.5 Å². The molecule has 4 heteroatoms. The molecule has 1 aromatic rings. The van der Waals surface area contributed by atoms with Crippen molar-refractivity contribution in [2.45, 2.75) is 26.3 Å². The molecule has 19 heavy (non-hydrogen) atoms. The maximum Gasteiger partial charge on any atom is 0.159 e. The summed E-state index contributed by atoms with van der Waals surface area (Å²) in [6.45, 7) is 8.24. The number of hydrogen-bond donors (Lipinski definition) is 0. The third-order valence-corrected chi connectivity index (χ3v) is 3.68. The number of rotatable bonds is 5. The van der Waals surface area contributed by atoms with Crippen LogP contribution in [0.2, 0.25) is 0 Å². The highest BCUT2D eigenvalue weighted by Gasteiger charge is 2.16. The molecule has 1 saturated heterocycles. The second kappa shape index (κ2) is 6.96. The summed E-state index contributed by atoms with van der Waals surface area (Å²) in [5, 5.41) is 0. The van der Waals surface area contributed by atoms with Gasteiger partial charge in [0, 0.05) is 32.7 Å². The fourth-order valence-corrected chi connectivity index (χ4v) is 2.45. The highest BCUT2D eigenvalue weighted by molar-refractivity contribution is 5.17. The number of hydrogen-bond acceptors (Lipinski definition) is 2. The molecule has 0 aromatic heterocycles. The average molecular weight is 268 g/mol. The Morgan fingerprint density at radius 1 is 1.00 bits per heavy atom. The van der Waals surface area contributed by atoms with E-state index in [1.165, 1.54) is 31.5 Å². The van der Waals surface area contributed by atoms with Gasteiger partial charge in [-0.15, -0.1) is 0 Å². The van der Waals surface area contributed by atoms with Gasteiger partial charge in [0.05, 0.1) is 0 Å². The molecule has 106 valence electrons. The zero-order chi connectivity index (χ0) is 13.7. The number of unbranched alkanes of at least 4 members (excludes halogenated alkanes) is 1. The van der Waals surface area contributed by atoms with E-state index in [0.717, 1.165) is 31.7 Å². The summed E-state index contributed by atoms with van der Waals surface area (Å²) in [6.07, 6.45) is 2.48. The molecule has 1 heterocycles. The third-order valence-electron chi connectivity index (χ3n) is 3.68. The summed E-state index contributed by atoms with van der Waals surface area (Å²) in [5.74, 6) is -1.52. The topological polar surface area (TPSA) is 6.48 Å². The minimum atomic E-state index is -0.770. The summed E-state index contributed by atoms with van der Waals surface area (Å²) in [4.78, 5) is 4.78. The molecule has 2 nitrogen and oxygen atoms in total. The lowest BCUT2D eigenvalue weighted by Crippen LogP contribution is -2.46. The van der Waals surface area contributed by atoms with Gasteiger partial charge >= 0.3 is 0 Å². The van der Waals surface area contributed by atoms with Crippen LogP contribution in [0.25, 0.3) is 0 Å².